The van der Waals surface area contributed by atoms with E-state index in [1.807, 2.05) is 6.92 Å². The Labute approximate surface area is 167 Å². The van der Waals surface area contributed by atoms with Crippen LogP contribution in [-0.4, -0.2) is 21.5 Å². The van der Waals surface area contributed by atoms with Crippen molar-refractivity contribution in [3.63, 3.8) is 0 Å². The first-order chi connectivity index (χ1) is 13.7. The third-order valence-corrected chi connectivity index (χ3v) is 5.39. The van der Waals surface area contributed by atoms with Gasteiger partial charge in [0.25, 0.3) is 0 Å². The molecular weight excluding hydrogens is 396 g/mol. The van der Waals surface area contributed by atoms with Crippen molar-refractivity contribution >= 4 is 16.1 Å². The molecule has 0 unspecified atom stereocenters. The molecule has 0 aliphatic heterocycles. The van der Waals surface area contributed by atoms with Gasteiger partial charge in [-0.05, 0) is 43.7 Å². The maximum Gasteiger partial charge on any atom is 0.347 e. The minimum Gasteiger partial charge on any atom is -0.465 e. The van der Waals surface area contributed by atoms with Crippen LogP contribution in [0.4, 0.5) is 0 Å². The van der Waals surface area contributed by atoms with Crippen LogP contribution < -0.4 is 9.81 Å². The lowest BCUT2D eigenvalue weighted by Gasteiger charge is -2.12. The van der Waals surface area contributed by atoms with Crippen LogP contribution in [0, 0.1) is 13.8 Å². The summed E-state index contributed by atoms with van der Waals surface area (Å²) in [7, 11) is -2.92. The Morgan fingerprint density at radius 3 is 2.17 bits per heavy atom. The van der Waals surface area contributed by atoms with Gasteiger partial charge in [-0.15, -0.1) is 0 Å². The van der Waals surface area contributed by atoms with Crippen molar-refractivity contribution < 1.29 is 26.5 Å². The average Bonchev–Trinajstić information content (AvgIpc) is 2.67. The highest BCUT2D eigenvalue weighted by Crippen LogP contribution is 2.30. The summed E-state index contributed by atoms with van der Waals surface area (Å²) in [6.45, 7) is 3.34. The molecule has 0 radical (unpaired) electrons. The zero-order valence-electron chi connectivity index (χ0n) is 16.0. The molecule has 0 aliphatic rings. The molecule has 0 spiro atoms. The highest BCUT2D eigenvalue weighted by atomic mass is 32.2. The van der Waals surface area contributed by atoms with E-state index in [2.05, 4.69) is 4.74 Å². The number of methoxy groups -OCH3 is 1. The number of hydrogen-bond acceptors (Lipinski definition) is 7. The number of esters is 1. The summed E-state index contributed by atoms with van der Waals surface area (Å²) in [5.41, 5.74) is 0.683. The molecule has 0 bridgehead atoms. The second-order valence-electron chi connectivity index (χ2n) is 6.30. The van der Waals surface area contributed by atoms with Crippen molar-refractivity contribution in [3.8, 4) is 16.9 Å². The summed E-state index contributed by atoms with van der Waals surface area (Å²) in [6.07, 6.45) is 0. The van der Waals surface area contributed by atoms with Crippen molar-refractivity contribution in [3.05, 3.63) is 81.9 Å². The van der Waals surface area contributed by atoms with E-state index in [-0.39, 0.29) is 27.5 Å². The molecule has 1 aromatic heterocycles. The molecule has 8 heteroatoms. The molecule has 150 valence electrons. The van der Waals surface area contributed by atoms with Crippen LogP contribution in [0.1, 0.15) is 21.7 Å². The molecule has 0 saturated carbocycles. The number of aryl methyl sites for hydroxylation is 2. The van der Waals surface area contributed by atoms with E-state index in [4.69, 9.17) is 8.60 Å². The third kappa shape index (κ3) is 4.38. The fraction of sp³-hybridized carbons (Fsp3) is 0.143. The van der Waals surface area contributed by atoms with Gasteiger partial charge in [-0.2, -0.15) is 8.42 Å². The second kappa shape index (κ2) is 7.92. The summed E-state index contributed by atoms with van der Waals surface area (Å²) >= 11 is 0. The Hall–Kier alpha value is -3.39. The minimum absolute atomic E-state index is 0.0408. The molecule has 3 aromatic rings. The molecule has 7 nitrogen and oxygen atoms in total. The molecule has 0 fully saturated rings. The van der Waals surface area contributed by atoms with Gasteiger partial charge in [0.2, 0.25) is 0 Å². The predicted molar refractivity (Wildman–Crippen MR) is 105 cm³/mol. The van der Waals surface area contributed by atoms with Crippen LogP contribution in [0.5, 0.6) is 5.75 Å². The van der Waals surface area contributed by atoms with Crippen molar-refractivity contribution in [2.45, 2.75) is 18.7 Å². The standard InChI is InChI=1S/C21H18O7S/c1-13-4-10-17(11-5-13)29(24,25)28-18-12-14(2)27-21(23)19(18)15-6-8-16(9-7-15)20(22)26-3/h4-12H,1-3H3. The van der Waals surface area contributed by atoms with E-state index >= 15 is 0 Å². The minimum atomic E-state index is -4.17. The van der Waals surface area contributed by atoms with Crippen molar-refractivity contribution in [2.75, 3.05) is 7.11 Å². The van der Waals surface area contributed by atoms with E-state index < -0.39 is 21.7 Å². The van der Waals surface area contributed by atoms with Crippen LogP contribution in [0.25, 0.3) is 11.1 Å². The Bertz CT molecular complexity index is 1210. The van der Waals surface area contributed by atoms with Crippen LogP contribution in [0.3, 0.4) is 0 Å². The van der Waals surface area contributed by atoms with E-state index in [1.165, 1.54) is 56.5 Å². The molecule has 0 atom stereocenters. The second-order valence-corrected chi connectivity index (χ2v) is 7.85. The Balaban J connectivity index is 2.07. The lowest BCUT2D eigenvalue weighted by Crippen LogP contribution is -2.14. The van der Waals surface area contributed by atoms with E-state index in [1.54, 1.807) is 12.1 Å². The normalized spacial score (nSPS) is 11.1. The smallest absolute Gasteiger partial charge is 0.347 e. The van der Waals surface area contributed by atoms with Gasteiger partial charge in [0.05, 0.1) is 12.7 Å². The first kappa shape index (κ1) is 20.3. The van der Waals surface area contributed by atoms with Crippen LogP contribution in [-0.2, 0) is 14.9 Å². The number of benzene rings is 2. The Kier molecular flexibility index (Phi) is 5.56. The SMILES string of the molecule is COC(=O)c1ccc(-c2c(OS(=O)(=O)c3ccc(C)cc3)cc(C)oc2=O)cc1. The van der Waals surface area contributed by atoms with Crippen molar-refractivity contribution in [2.24, 2.45) is 0 Å². The lowest BCUT2D eigenvalue weighted by atomic mass is 10.0. The first-order valence-corrected chi connectivity index (χ1v) is 9.97. The molecule has 0 amide bonds. The van der Waals surface area contributed by atoms with Gasteiger partial charge in [-0.3, -0.25) is 0 Å². The maximum atomic E-state index is 12.7. The zero-order chi connectivity index (χ0) is 21.2. The fourth-order valence-electron chi connectivity index (χ4n) is 2.67. The monoisotopic (exact) mass is 414 g/mol. The van der Waals surface area contributed by atoms with E-state index in [0.29, 0.717) is 5.56 Å². The molecule has 29 heavy (non-hydrogen) atoms. The van der Waals surface area contributed by atoms with Gasteiger partial charge in [0, 0.05) is 6.07 Å². The zero-order valence-corrected chi connectivity index (χ0v) is 16.8. The van der Waals surface area contributed by atoms with Gasteiger partial charge >= 0.3 is 21.7 Å². The molecule has 3 rings (SSSR count). The number of carbonyl (C=O) groups is 1. The highest BCUT2D eigenvalue weighted by Gasteiger charge is 2.22. The summed E-state index contributed by atoms with van der Waals surface area (Å²) in [4.78, 5) is 24.0. The summed E-state index contributed by atoms with van der Waals surface area (Å²) in [6, 6.07) is 13.4. The van der Waals surface area contributed by atoms with E-state index in [0.717, 1.165) is 5.56 Å². The van der Waals surface area contributed by atoms with Crippen molar-refractivity contribution in [1.29, 1.82) is 0 Å². The number of rotatable bonds is 5. The van der Waals surface area contributed by atoms with Crippen molar-refractivity contribution in [1.82, 2.24) is 0 Å². The van der Waals surface area contributed by atoms with Gasteiger partial charge < -0.3 is 13.3 Å². The van der Waals surface area contributed by atoms with Gasteiger partial charge in [-0.1, -0.05) is 29.8 Å². The summed E-state index contributed by atoms with van der Waals surface area (Å²) < 4.78 is 40.4. The summed E-state index contributed by atoms with van der Waals surface area (Å²) in [5, 5.41) is 0. The molecule has 0 aliphatic carbocycles. The summed E-state index contributed by atoms with van der Waals surface area (Å²) in [5.74, 6) is -0.505. The molecule has 1 heterocycles. The largest absolute Gasteiger partial charge is 0.465 e. The Morgan fingerprint density at radius 2 is 1.59 bits per heavy atom. The predicted octanol–water partition coefficient (Wildman–Crippen LogP) is 3.48. The average molecular weight is 414 g/mol. The van der Waals surface area contributed by atoms with Crippen LogP contribution >= 0.6 is 0 Å². The van der Waals surface area contributed by atoms with E-state index in [9.17, 15) is 18.0 Å². The highest BCUT2D eigenvalue weighted by molar-refractivity contribution is 7.87. The Morgan fingerprint density at radius 1 is 0.966 bits per heavy atom. The lowest BCUT2D eigenvalue weighted by molar-refractivity contribution is 0.0600. The third-order valence-electron chi connectivity index (χ3n) is 4.14. The van der Waals surface area contributed by atoms with Crippen LogP contribution in [0.2, 0.25) is 0 Å². The number of hydrogen-bond donors (Lipinski definition) is 0. The number of ether oxygens (including phenoxy) is 1. The number of carbonyl (C=O) groups excluding carboxylic acids is 1. The van der Waals surface area contributed by atoms with Crippen LogP contribution in [0.15, 0.2) is 68.7 Å². The van der Waals surface area contributed by atoms with Gasteiger partial charge in [-0.25, -0.2) is 9.59 Å². The van der Waals surface area contributed by atoms with Gasteiger partial charge in [0.15, 0.2) is 5.75 Å². The molecule has 0 saturated heterocycles. The quantitative estimate of drug-likeness (QED) is 0.465. The fourth-order valence-corrected chi connectivity index (χ4v) is 3.61. The topological polar surface area (TPSA) is 99.9 Å². The maximum absolute atomic E-state index is 12.7. The van der Waals surface area contributed by atoms with Gasteiger partial charge in [0.1, 0.15) is 16.2 Å². The molecular formula is C21H18O7S. The molecule has 0 N–H and O–H groups in total. The first-order valence-electron chi connectivity index (χ1n) is 8.56. The molecule has 2 aromatic carbocycles.